The third-order valence-electron chi connectivity index (χ3n) is 3.79. The number of hydrogen-bond acceptors (Lipinski definition) is 4. The summed E-state index contributed by atoms with van der Waals surface area (Å²) in [4.78, 5) is 12.1. The van der Waals surface area contributed by atoms with Crippen molar-refractivity contribution in [3.8, 4) is 17.2 Å². The van der Waals surface area contributed by atoms with E-state index < -0.39 is 0 Å². The highest BCUT2D eigenvalue weighted by Crippen LogP contribution is 2.33. The van der Waals surface area contributed by atoms with Gasteiger partial charge >= 0.3 is 0 Å². The van der Waals surface area contributed by atoms with E-state index in [9.17, 15) is 4.79 Å². The maximum Gasteiger partial charge on any atom is 0.250 e. The molecule has 0 bridgehead atoms. The Hall–Kier alpha value is -2.24. The van der Waals surface area contributed by atoms with Crippen molar-refractivity contribution in [2.45, 2.75) is 12.8 Å². The van der Waals surface area contributed by atoms with E-state index in [2.05, 4.69) is 5.32 Å². The summed E-state index contributed by atoms with van der Waals surface area (Å²) < 4.78 is 16.4. The first kappa shape index (κ1) is 17.6. The first-order valence-electron chi connectivity index (χ1n) is 8.13. The molecule has 1 aliphatic carbocycles. The Bertz CT molecular complexity index is 729. The second-order valence-corrected chi connectivity index (χ2v) is 6.36. The van der Waals surface area contributed by atoms with Gasteiger partial charge in [-0.05, 0) is 61.2 Å². The highest BCUT2D eigenvalue weighted by atomic mass is 35.5. The Labute approximate surface area is 151 Å². The number of anilines is 1. The number of rotatable bonds is 8. The van der Waals surface area contributed by atoms with Crippen LogP contribution in [0.1, 0.15) is 12.8 Å². The molecule has 1 fully saturated rings. The van der Waals surface area contributed by atoms with E-state index in [4.69, 9.17) is 25.8 Å². The van der Waals surface area contributed by atoms with Crippen LogP contribution in [0.5, 0.6) is 17.2 Å². The van der Waals surface area contributed by atoms with E-state index in [1.807, 2.05) is 0 Å². The molecule has 0 saturated heterocycles. The minimum atomic E-state index is -0.234. The highest BCUT2D eigenvalue weighted by Gasteiger charge is 2.21. The number of nitrogens with one attached hydrogen (secondary N) is 1. The number of carbonyl (C=O) groups is 1. The SMILES string of the molecule is COc1ccc(Oc2ccc(Cl)cc2NC(=O)COCC2CC2)cc1. The zero-order valence-corrected chi connectivity index (χ0v) is 14.7. The number of halogens is 1. The van der Waals surface area contributed by atoms with E-state index in [1.54, 1.807) is 49.6 Å². The van der Waals surface area contributed by atoms with Crippen molar-refractivity contribution >= 4 is 23.2 Å². The molecule has 0 unspecified atom stereocenters. The Balaban J connectivity index is 1.64. The highest BCUT2D eigenvalue weighted by molar-refractivity contribution is 6.31. The van der Waals surface area contributed by atoms with Crippen molar-refractivity contribution in [3.05, 3.63) is 47.5 Å². The summed E-state index contributed by atoms with van der Waals surface area (Å²) in [5.74, 6) is 2.26. The van der Waals surface area contributed by atoms with E-state index in [0.29, 0.717) is 34.7 Å². The number of benzene rings is 2. The standard InChI is InChI=1S/C19H20ClNO4/c1-23-15-5-7-16(8-6-15)25-18-9-4-14(20)10-17(18)21-19(22)12-24-11-13-2-3-13/h4-10,13H,2-3,11-12H2,1H3,(H,21,22). The van der Waals surface area contributed by atoms with E-state index in [0.717, 1.165) is 5.75 Å². The zero-order valence-electron chi connectivity index (χ0n) is 14.0. The lowest BCUT2D eigenvalue weighted by molar-refractivity contribution is -0.120. The van der Waals surface area contributed by atoms with Crippen LogP contribution in [-0.4, -0.2) is 26.2 Å². The van der Waals surface area contributed by atoms with Gasteiger partial charge in [-0.2, -0.15) is 0 Å². The average molecular weight is 362 g/mol. The summed E-state index contributed by atoms with van der Waals surface area (Å²) in [6.45, 7) is 0.656. The molecular formula is C19H20ClNO4. The molecule has 0 spiro atoms. The van der Waals surface area contributed by atoms with Crippen LogP contribution in [0.4, 0.5) is 5.69 Å². The predicted molar refractivity (Wildman–Crippen MR) is 96.7 cm³/mol. The quantitative estimate of drug-likeness (QED) is 0.751. The summed E-state index contributed by atoms with van der Waals surface area (Å²) in [5.41, 5.74) is 0.503. The fourth-order valence-electron chi connectivity index (χ4n) is 2.25. The molecule has 25 heavy (non-hydrogen) atoms. The zero-order chi connectivity index (χ0) is 17.6. The molecule has 1 amide bonds. The normalized spacial score (nSPS) is 13.4. The van der Waals surface area contributed by atoms with Crippen LogP contribution in [-0.2, 0) is 9.53 Å². The lowest BCUT2D eigenvalue weighted by Crippen LogP contribution is -2.19. The van der Waals surface area contributed by atoms with Crippen molar-refractivity contribution in [1.82, 2.24) is 0 Å². The molecule has 6 heteroatoms. The van der Waals surface area contributed by atoms with E-state index in [-0.39, 0.29) is 12.5 Å². The van der Waals surface area contributed by atoms with Crippen LogP contribution in [0.3, 0.4) is 0 Å². The molecule has 132 valence electrons. The fraction of sp³-hybridized carbons (Fsp3) is 0.316. The summed E-state index contributed by atoms with van der Waals surface area (Å²) in [6, 6.07) is 12.3. The van der Waals surface area contributed by atoms with Gasteiger partial charge in [0.1, 0.15) is 18.1 Å². The lowest BCUT2D eigenvalue weighted by Gasteiger charge is -2.13. The number of hydrogen-bond donors (Lipinski definition) is 1. The first-order chi connectivity index (χ1) is 12.1. The summed E-state index contributed by atoms with van der Waals surface area (Å²) in [5, 5.41) is 3.30. The monoisotopic (exact) mass is 361 g/mol. The summed E-state index contributed by atoms with van der Waals surface area (Å²) in [7, 11) is 1.61. The number of ether oxygens (including phenoxy) is 3. The van der Waals surface area contributed by atoms with Crippen LogP contribution < -0.4 is 14.8 Å². The third kappa shape index (κ3) is 5.37. The number of methoxy groups -OCH3 is 1. The number of amides is 1. The van der Waals surface area contributed by atoms with Crippen LogP contribution >= 0.6 is 11.6 Å². The Morgan fingerprint density at radius 1 is 1.16 bits per heavy atom. The van der Waals surface area contributed by atoms with Crippen LogP contribution in [0.25, 0.3) is 0 Å². The maximum atomic E-state index is 12.1. The van der Waals surface area contributed by atoms with E-state index in [1.165, 1.54) is 12.8 Å². The molecule has 1 aliphatic rings. The topological polar surface area (TPSA) is 56.8 Å². The van der Waals surface area contributed by atoms with Gasteiger partial charge in [-0.1, -0.05) is 11.6 Å². The summed E-state index contributed by atoms with van der Waals surface area (Å²) >= 11 is 6.04. The van der Waals surface area contributed by atoms with Crippen LogP contribution in [0, 0.1) is 5.92 Å². The van der Waals surface area contributed by atoms with Gasteiger partial charge in [-0.3, -0.25) is 4.79 Å². The third-order valence-corrected chi connectivity index (χ3v) is 4.02. The molecule has 0 aliphatic heterocycles. The average Bonchev–Trinajstić information content (AvgIpc) is 3.42. The second kappa shape index (κ2) is 8.23. The molecule has 0 aromatic heterocycles. The van der Waals surface area contributed by atoms with Gasteiger partial charge in [0, 0.05) is 5.02 Å². The van der Waals surface area contributed by atoms with Gasteiger partial charge < -0.3 is 19.5 Å². The smallest absolute Gasteiger partial charge is 0.250 e. The van der Waals surface area contributed by atoms with Crippen LogP contribution in [0.15, 0.2) is 42.5 Å². The molecule has 0 heterocycles. The Morgan fingerprint density at radius 2 is 1.88 bits per heavy atom. The molecule has 0 radical (unpaired) electrons. The first-order valence-corrected chi connectivity index (χ1v) is 8.51. The number of carbonyl (C=O) groups excluding carboxylic acids is 1. The Kier molecular flexibility index (Phi) is 5.79. The summed E-state index contributed by atoms with van der Waals surface area (Å²) in [6.07, 6.45) is 2.38. The molecule has 5 nitrogen and oxygen atoms in total. The molecular weight excluding hydrogens is 342 g/mol. The largest absolute Gasteiger partial charge is 0.497 e. The van der Waals surface area contributed by atoms with Crippen molar-refractivity contribution in [3.63, 3.8) is 0 Å². The van der Waals surface area contributed by atoms with Gasteiger partial charge in [-0.25, -0.2) is 0 Å². The second-order valence-electron chi connectivity index (χ2n) is 5.92. The van der Waals surface area contributed by atoms with Crippen LogP contribution in [0.2, 0.25) is 5.02 Å². The molecule has 2 aromatic rings. The molecule has 2 aromatic carbocycles. The lowest BCUT2D eigenvalue weighted by atomic mass is 10.2. The molecule has 3 rings (SSSR count). The molecule has 0 atom stereocenters. The maximum absolute atomic E-state index is 12.1. The fourth-order valence-corrected chi connectivity index (χ4v) is 2.42. The van der Waals surface area contributed by atoms with Crippen molar-refractivity contribution in [1.29, 1.82) is 0 Å². The predicted octanol–water partition coefficient (Wildman–Crippen LogP) is 4.51. The van der Waals surface area contributed by atoms with Crippen molar-refractivity contribution < 1.29 is 19.0 Å². The van der Waals surface area contributed by atoms with Gasteiger partial charge in [-0.15, -0.1) is 0 Å². The van der Waals surface area contributed by atoms with Crippen molar-refractivity contribution in [2.75, 3.05) is 25.6 Å². The van der Waals surface area contributed by atoms with Gasteiger partial charge in [0.25, 0.3) is 0 Å². The van der Waals surface area contributed by atoms with Gasteiger partial charge in [0.05, 0.1) is 19.4 Å². The van der Waals surface area contributed by atoms with Crippen molar-refractivity contribution in [2.24, 2.45) is 5.92 Å². The molecule has 1 N–H and O–H groups in total. The molecule has 1 saturated carbocycles. The minimum Gasteiger partial charge on any atom is -0.497 e. The Morgan fingerprint density at radius 3 is 2.56 bits per heavy atom. The van der Waals surface area contributed by atoms with E-state index >= 15 is 0 Å². The van der Waals surface area contributed by atoms with Gasteiger partial charge in [0.15, 0.2) is 5.75 Å². The minimum absolute atomic E-state index is 0.0188. The van der Waals surface area contributed by atoms with Gasteiger partial charge in [0.2, 0.25) is 5.91 Å².